The highest BCUT2D eigenvalue weighted by Crippen LogP contribution is 2.58. The van der Waals surface area contributed by atoms with E-state index in [2.05, 4.69) is 0 Å². The third-order valence-corrected chi connectivity index (χ3v) is 3.16. The van der Waals surface area contributed by atoms with Gasteiger partial charge in [-0.2, -0.15) is 0 Å². The third-order valence-electron chi connectivity index (χ3n) is 3.16. The molecule has 1 fully saturated rings. The number of aliphatic hydroxyl groups excluding tert-OH is 1. The molecule has 0 spiro atoms. The molecule has 0 aliphatic heterocycles. The van der Waals surface area contributed by atoms with E-state index in [0.717, 1.165) is 12.0 Å². The molecule has 0 aromatic heterocycles. The average Bonchev–Trinajstić information content (AvgIpc) is 2.93. The number of aliphatic hydroxyl groups is 1. The van der Waals surface area contributed by atoms with Crippen LogP contribution in [0.3, 0.4) is 0 Å². The zero-order valence-corrected chi connectivity index (χ0v) is 7.91. The van der Waals surface area contributed by atoms with Crippen molar-refractivity contribution >= 4 is 0 Å². The van der Waals surface area contributed by atoms with Gasteiger partial charge in [0.25, 0.3) is 0 Å². The SMILES string of the molecule is NC[C@@]1(CO)C[C@@H]1c1cccc(F)c1. The van der Waals surface area contributed by atoms with Gasteiger partial charge in [-0.05, 0) is 30.0 Å². The molecule has 3 N–H and O–H groups in total. The summed E-state index contributed by atoms with van der Waals surface area (Å²) in [5.41, 5.74) is 6.35. The Balaban J connectivity index is 2.19. The second kappa shape index (κ2) is 3.33. The number of hydrogen-bond donors (Lipinski definition) is 2. The summed E-state index contributed by atoms with van der Waals surface area (Å²) in [6.45, 7) is 0.551. The molecule has 0 unspecified atom stereocenters. The number of halogens is 1. The summed E-state index contributed by atoms with van der Waals surface area (Å²) < 4.78 is 12.9. The van der Waals surface area contributed by atoms with Crippen molar-refractivity contribution in [3.05, 3.63) is 35.6 Å². The number of nitrogens with two attached hydrogens (primary N) is 1. The number of hydrogen-bond acceptors (Lipinski definition) is 2. The molecule has 2 nitrogen and oxygen atoms in total. The van der Waals surface area contributed by atoms with Crippen LogP contribution in [0.15, 0.2) is 24.3 Å². The first-order chi connectivity index (χ1) is 6.72. The highest BCUT2D eigenvalue weighted by atomic mass is 19.1. The lowest BCUT2D eigenvalue weighted by Crippen LogP contribution is -2.21. The summed E-state index contributed by atoms with van der Waals surface area (Å²) in [4.78, 5) is 0. The Morgan fingerprint density at radius 1 is 1.57 bits per heavy atom. The monoisotopic (exact) mass is 195 g/mol. The van der Waals surface area contributed by atoms with Crippen LogP contribution in [0.4, 0.5) is 4.39 Å². The summed E-state index contributed by atoms with van der Waals surface area (Å²) in [5, 5.41) is 9.18. The second-order valence-corrected chi connectivity index (χ2v) is 4.04. The van der Waals surface area contributed by atoms with Crippen molar-refractivity contribution in [2.24, 2.45) is 11.1 Å². The standard InChI is InChI=1S/C11H14FNO/c12-9-3-1-2-8(4-9)10-5-11(10,6-13)7-14/h1-4,10,14H,5-7,13H2/t10-,11-/m1/s1. The van der Waals surface area contributed by atoms with Crippen molar-refractivity contribution in [2.45, 2.75) is 12.3 Å². The second-order valence-electron chi connectivity index (χ2n) is 4.04. The first-order valence-electron chi connectivity index (χ1n) is 4.78. The topological polar surface area (TPSA) is 46.2 Å². The first kappa shape index (κ1) is 9.62. The highest BCUT2D eigenvalue weighted by molar-refractivity contribution is 5.30. The molecular weight excluding hydrogens is 181 g/mol. The molecule has 2 rings (SSSR count). The van der Waals surface area contributed by atoms with Gasteiger partial charge in [0.1, 0.15) is 5.82 Å². The predicted molar refractivity (Wildman–Crippen MR) is 52.3 cm³/mol. The van der Waals surface area contributed by atoms with E-state index >= 15 is 0 Å². The van der Waals surface area contributed by atoms with Gasteiger partial charge in [0.2, 0.25) is 0 Å². The highest BCUT2D eigenvalue weighted by Gasteiger charge is 2.53. The maximum Gasteiger partial charge on any atom is 0.123 e. The lowest BCUT2D eigenvalue weighted by molar-refractivity contribution is 0.211. The van der Waals surface area contributed by atoms with E-state index in [0.29, 0.717) is 6.54 Å². The van der Waals surface area contributed by atoms with Crippen LogP contribution >= 0.6 is 0 Å². The zero-order valence-electron chi connectivity index (χ0n) is 7.91. The van der Waals surface area contributed by atoms with E-state index in [4.69, 9.17) is 5.73 Å². The van der Waals surface area contributed by atoms with Crippen molar-refractivity contribution in [3.8, 4) is 0 Å². The zero-order chi connectivity index (χ0) is 10.2. The van der Waals surface area contributed by atoms with Crippen LogP contribution in [0.5, 0.6) is 0 Å². The van der Waals surface area contributed by atoms with E-state index in [1.165, 1.54) is 12.1 Å². The van der Waals surface area contributed by atoms with Gasteiger partial charge in [0.15, 0.2) is 0 Å². The summed E-state index contributed by atoms with van der Waals surface area (Å²) >= 11 is 0. The van der Waals surface area contributed by atoms with Gasteiger partial charge in [-0.3, -0.25) is 0 Å². The minimum Gasteiger partial charge on any atom is -0.396 e. The lowest BCUT2D eigenvalue weighted by atomic mass is 10.0. The van der Waals surface area contributed by atoms with Crippen molar-refractivity contribution in [3.63, 3.8) is 0 Å². The Morgan fingerprint density at radius 3 is 2.86 bits per heavy atom. The van der Waals surface area contributed by atoms with Gasteiger partial charge in [-0.25, -0.2) is 4.39 Å². The quantitative estimate of drug-likeness (QED) is 0.762. The van der Waals surface area contributed by atoms with Gasteiger partial charge >= 0.3 is 0 Å². The summed E-state index contributed by atoms with van der Waals surface area (Å²) in [5.74, 6) is 0.00598. The molecule has 1 aliphatic rings. The van der Waals surface area contributed by atoms with Crippen molar-refractivity contribution < 1.29 is 9.50 Å². The number of benzene rings is 1. The molecule has 1 aromatic rings. The summed E-state index contributed by atoms with van der Waals surface area (Å²) in [7, 11) is 0. The van der Waals surface area contributed by atoms with Crippen molar-refractivity contribution in [1.82, 2.24) is 0 Å². The summed E-state index contributed by atoms with van der Waals surface area (Å²) in [6, 6.07) is 6.54. The lowest BCUT2D eigenvalue weighted by Gasteiger charge is -2.10. The van der Waals surface area contributed by atoms with Gasteiger partial charge in [0.05, 0.1) is 6.61 Å². The predicted octanol–water partition coefficient (Wildman–Crippen LogP) is 1.25. The molecule has 0 heterocycles. The van der Waals surface area contributed by atoms with Crippen LogP contribution in [0, 0.1) is 11.2 Å². The van der Waals surface area contributed by atoms with E-state index in [1.54, 1.807) is 6.07 Å². The first-order valence-corrected chi connectivity index (χ1v) is 4.78. The Kier molecular flexibility index (Phi) is 2.29. The van der Waals surface area contributed by atoms with Crippen molar-refractivity contribution in [2.75, 3.05) is 13.2 Å². The van der Waals surface area contributed by atoms with E-state index in [9.17, 15) is 9.50 Å². The van der Waals surface area contributed by atoms with Crippen LogP contribution in [-0.4, -0.2) is 18.3 Å². The molecule has 0 radical (unpaired) electrons. The number of rotatable bonds is 3. The minimum absolute atomic E-state index is 0.0880. The Bertz CT molecular complexity index is 336. The Labute approximate surface area is 82.5 Å². The molecule has 0 amide bonds. The maximum atomic E-state index is 12.9. The molecule has 1 saturated carbocycles. The fraction of sp³-hybridized carbons (Fsp3) is 0.455. The fourth-order valence-corrected chi connectivity index (χ4v) is 2.01. The molecule has 2 atom stereocenters. The van der Waals surface area contributed by atoms with Crippen molar-refractivity contribution in [1.29, 1.82) is 0 Å². The molecule has 14 heavy (non-hydrogen) atoms. The van der Waals surface area contributed by atoms with Crippen LogP contribution in [0.1, 0.15) is 17.9 Å². The molecule has 3 heteroatoms. The molecule has 0 bridgehead atoms. The minimum atomic E-state index is -0.224. The van der Waals surface area contributed by atoms with Crippen LogP contribution < -0.4 is 5.73 Å². The maximum absolute atomic E-state index is 12.9. The Hall–Kier alpha value is -0.930. The van der Waals surface area contributed by atoms with Crippen LogP contribution in [-0.2, 0) is 0 Å². The van der Waals surface area contributed by atoms with Gasteiger partial charge in [0, 0.05) is 12.0 Å². The van der Waals surface area contributed by atoms with Crippen LogP contribution in [0.2, 0.25) is 0 Å². The molecule has 1 aromatic carbocycles. The van der Waals surface area contributed by atoms with Crippen LogP contribution in [0.25, 0.3) is 0 Å². The summed E-state index contributed by atoms with van der Waals surface area (Å²) in [6.07, 6.45) is 0.865. The third kappa shape index (κ3) is 1.42. The van der Waals surface area contributed by atoms with E-state index in [-0.39, 0.29) is 23.8 Å². The van der Waals surface area contributed by atoms with Gasteiger partial charge in [-0.1, -0.05) is 12.1 Å². The Morgan fingerprint density at radius 2 is 2.36 bits per heavy atom. The van der Waals surface area contributed by atoms with E-state index < -0.39 is 0 Å². The van der Waals surface area contributed by atoms with Gasteiger partial charge in [-0.15, -0.1) is 0 Å². The fourth-order valence-electron chi connectivity index (χ4n) is 2.01. The molecular formula is C11H14FNO. The average molecular weight is 195 g/mol. The normalized spacial score (nSPS) is 30.4. The molecule has 76 valence electrons. The van der Waals surface area contributed by atoms with E-state index in [1.807, 2.05) is 6.07 Å². The molecule has 0 saturated heterocycles. The van der Waals surface area contributed by atoms with Gasteiger partial charge < -0.3 is 10.8 Å². The smallest absolute Gasteiger partial charge is 0.123 e. The largest absolute Gasteiger partial charge is 0.396 e. The molecule has 1 aliphatic carbocycles.